The third-order valence-corrected chi connectivity index (χ3v) is 4.17. The summed E-state index contributed by atoms with van der Waals surface area (Å²) >= 11 is 3.43. The number of nitrogens with one attached hydrogen (secondary N) is 1. The van der Waals surface area contributed by atoms with Crippen LogP contribution in [0.15, 0.2) is 10.5 Å². The van der Waals surface area contributed by atoms with Gasteiger partial charge in [-0.05, 0) is 41.8 Å². The van der Waals surface area contributed by atoms with Gasteiger partial charge in [0.05, 0.1) is 15.9 Å². The maximum Gasteiger partial charge on any atom is 0.459 e. The van der Waals surface area contributed by atoms with Crippen LogP contribution in [0.3, 0.4) is 0 Å². The molecule has 0 aliphatic heterocycles. The number of pyridine rings is 1. The van der Waals surface area contributed by atoms with Crippen molar-refractivity contribution in [2.45, 2.75) is 51.4 Å². The molecule has 0 bridgehead atoms. The van der Waals surface area contributed by atoms with Crippen molar-refractivity contribution in [1.82, 2.24) is 4.98 Å². The number of nitrogens with two attached hydrogens (primary N) is 1. The van der Waals surface area contributed by atoms with Gasteiger partial charge in [0.2, 0.25) is 0 Å². The van der Waals surface area contributed by atoms with E-state index in [2.05, 4.69) is 31.0 Å². The summed E-state index contributed by atoms with van der Waals surface area (Å²) in [7, 11) is 0. The normalized spacial score (nSPS) is 23.1. The van der Waals surface area contributed by atoms with Crippen molar-refractivity contribution < 1.29 is 13.5 Å². The minimum absolute atomic E-state index is 0.211. The topological polar surface area (TPSA) is 63.7 Å². The van der Waals surface area contributed by atoms with Crippen molar-refractivity contribution in [3.63, 3.8) is 0 Å². The Morgan fingerprint density at radius 2 is 2.05 bits per heavy atom. The molecular formula is C13H19BrF2N3O+. The number of rotatable bonds is 4. The first kappa shape index (κ1) is 15.4. The number of ether oxygens (including phenoxy) is 1. The maximum absolute atomic E-state index is 12.2. The SMILES string of the molecule is Cc1nc(NC2CCC([OH+]C(F)F)CC2)c(Br)cc1N. The fourth-order valence-corrected chi connectivity index (χ4v) is 2.87. The molecule has 1 heterocycles. The predicted molar refractivity (Wildman–Crippen MR) is 79.0 cm³/mol. The Hall–Kier alpha value is -0.950. The molecule has 7 heteroatoms. The monoisotopic (exact) mass is 350 g/mol. The molecule has 0 aromatic carbocycles. The van der Waals surface area contributed by atoms with Gasteiger partial charge in [-0.3, -0.25) is 0 Å². The lowest BCUT2D eigenvalue weighted by Gasteiger charge is -2.27. The summed E-state index contributed by atoms with van der Waals surface area (Å²) < 4.78 is 28.6. The van der Waals surface area contributed by atoms with Crippen LogP contribution in [-0.4, -0.2) is 28.5 Å². The molecule has 1 aromatic heterocycles. The number of nitrogen functional groups attached to an aromatic ring is 1. The van der Waals surface area contributed by atoms with Crippen LogP contribution in [0.2, 0.25) is 0 Å². The number of alkyl halides is 2. The van der Waals surface area contributed by atoms with Crippen LogP contribution in [0, 0.1) is 6.92 Å². The Morgan fingerprint density at radius 3 is 2.65 bits per heavy atom. The fourth-order valence-electron chi connectivity index (χ4n) is 2.42. The van der Waals surface area contributed by atoms with E-state index in [0.29, 0.717) is 18.5 Å². The van der Waals surface area contributed by atoms with E-state index in [4.69, 9.17) is 5.73 Å². The smallest absolute Gasteiger partial charge is 0.397 e. The van der Waals surface area contributed by atoms with Gasteiger partial charge in [-0.25, -0.2) is 4.98 Å². The highest BCUT2D eigenvalue weighted by molar-refractivity contribution is 9.10. The van der Waals surface area contributed by atoms with E-state index >= 15 is 0 Å². The lowest BCUT2D eigenvalue weighted by Crippen LogP contribution is -2.33. The third kappa shape index (κ3) is 4.02. The summed E-state index contributed by atoms with van der Waals surface area (Å²) in [5.74, 6) is 0.756. The number of anilines is 2. The first-order chi connectivity index (χ1) is 9.45. The number of nitrogens with zero attached hydrogens (tertiary/aromatic N) is 1. The highest BCUT2D eigenvalue weighted by Gasteiger charge is 2.28. The van der Waals surface area contributed by atoms with E-state index < -0.39 is 6.61 Å². The number of halogens is 3. The first-order valence-electron chi connectivity index (χ1n) is 6.63. The summed E-state index contributed by atoms with van der Waals surface area (Å²) in [4.78, 5) is 4.41. The Morgan fingerprint density at radius 1 is 1.40 bits per heavy atom. The maximum atomic E-state index is 12.2. The average Bonchev–Trinajstić information content (AvgIpc) is 2.37. The predicted octanol–water partition coefficient (Wildman–Crippen LogP) is 3.21. The molecule has 0 saturated heterocycles. The van der Waals surface area contributed by atoms with Crippen LogP contribution in [0.1, 0.15) is 31.4 Å². The van der Waals surface area contributed by atoms with Crippen LogP contribution in [0.5, 0.6) is 0 Å². The quantitative estimate of drug-likeness (QED) is 0.819. The molecule has 4 nitrogen and oxygen atoms in total. The lowest BCUT2D eigenvalue weighted by molar-refractivity contribution is -0.279. The number of aliphatic hydroxyl groups is 2. The molecule has 112 valence electrons. The summed E-state index contributed by atoms with van der Waals surface area (Å²) in [6.07, 6.45) is 2.80. The van der Waals surface area contributed by atoms with Crippen molar-refractivity contribution in [3.8, 4) is 0 Å². The second kappa shape index (κ2) is 6.67. The van der Waals surface area contributed by atoms with E-state index in [1.54, 1.807) is 0 Å². The zero-order valence-electron chi connectivity index (χ0n) is 11.2. The second-order valence-corrected chi connectivity index (χ2v) is 5.92. The van der Waals surface area contributed by atoms with Crippen LogP contribution >= 0.6 is 15.9 Å². The van der Waals surface area contributed by atoms with Crippen molar-refractivity contribution in [1.29, 1.82) is 0 Å². The molecule has 0 amide bonds. The lowest BCUT2D eigenvalue weighted by atomic mass is 9.93. The van der Waals surface area contributed by atoms with Crippen molar-refractivity contribution in [2.24, 2.45) is 0 Å². The molecule has 20 heavy (non-hydrogen) atoms. The summed E-state index contributed by atoms with van der Waals surface area (Å²) in [5.41, 5.74) is 7.20. The minimum Gasteiger partial charge on any atom is -0.397 e. The van der Waals surface area contributed by atoms with E-state index in [1.807, 2.05) is 13.0 Å². The molecule has 0 unspecified atom stereocenters. The van der Waals surface area contributed by atoms with Gasteiger partial charge in [-0.15, -0.1) is 8.78 Å². The summed E-state index contributed by atoms with van der Waals surface area (Å²) in [6, 6.07) is 2.06. The van der Waals surface area contributed by atoms with E-state index in [0.717, 1.165) is 28.8 Å². The zero-order valence-corrected chi connectivity index (χ0v) is 12.8. The highest BCUT2D eigenvalue weighted by Crippen LogP contribution is 2.28. The summed E-state index contributed by atoms with van der Waals surface area (Å²) in [6.45, 7) is -0.703. The van der Waals surface area contributed by atoms with Crippen LogP contribution in [0.25, 0.3) is 0 Å². The molecule has 1 fully saturated rings. The average molecular weight is 351 g/mol. The first-order valence-corrected chi connectivity index (χ1v) is 7.42. The van der Waals surface area contributed by atoms with Gasteiger partial charge in [0.25, 0.3) is 0 Å². The fraction of sp³-hybridized carbons (Fsp3) is 0.615. The molecule has 4 N–H and O–H groups in total. The molecule has 1 aliphatic rings. The molecule has 0 spiro atoms. The number of hydrogen-bond acceptors (Lipinski definition) is 3. The summed E-state index contributed by atoms with van der Waals surface area (Å²) in [5, 5.41) is 3.35. The van der Waals surface area contributed by atoms with E-state index in [1.165, 1.54) is 0 Å². The van der Waals surface area contributed by atoms with Gasteiger partial charge in [0.15, 0.2) is 6.10 Å². The molecular weight excluding hydrogens is 332 g/mol. The standard InChI is InChI=1S/C13H18BrF2N3O/c1-7-11(17)6-10(14)12(18-7)19-8-2-4-9(5-3-8)20-13(15)16/h6,8-9,13H,2-5,17H2,1H3,(H,18,19)/p+1. The molecule has 1 saturated carbocycles. The second-order valence-electron chi connectivity index (χ2n) is 5.07. The molecule has 0 radical (unpaired) electrons. The molecule has 1 aliphatic carbocycles. The van der Waals surface area contributed by atoms with Crippen molar-refractivity contribution >= 4 is 27.4 Å². The Kier molecular flexibility index (Phi) is 5.15. The zero-order chi connectivity index (χ0) is 14.7. The highest BCUT2D eigenvalue weighted by atomic mass is 79.9. The van der Waals surface area contributed by atoms with Crippen LogP contribution < -0.4 is 11.1 Å². The largest absolute Gasteiger partial charge is 0.459 e. The molecule has 0 atom stereocenters. The molecule has 1 aromatic rings. The van der Waals surface area contributed by atoms with Gasteiger partial charge < -0.3 is 15.8 Å². The van der Waals surface area contributed by atoms with Crippen LogP contribution in [0.4, 0.5) is 20.3 Å². The number of aryl methyl sites for hydroxylation is 1. The van der Waals surface area contributed by atoms with Gasteiger partial charge in [-0.1, -0.05) is 0 Å². The Bertz CT molecular complexity index is 465. The Balaban J connectivity index is 1.91. The van der Waals surface area contributed by atoms with E-state index in [9.17, 15) is 8.78 Å². The number of aromatic nitrogens is 1. The van der Waals surface area contributed by atoms with Crippen molar-refractivity contribution in [2.75, 3.05) is 11.1 Å². The van der Waals surface area contributed by atoms with E-state index in [-0.39, 0.29) is 12.1 Å². The van der Waals surface area contributed by atoms with Gasteiger partial charge in [0.1, 0.15) is 5.82 Å². The van der Waals surface area contributed by atoms with Crippen molar-refractivity contribution in [3.05, 3.63) is 16.2 Å². The Labute approximate surface area is 125 Å². The number of hydrogen-bond donors (Lipinski definition) is 2. The third-order valence-electron chi connectivity index (χ3n) is 3.57. The molecule has 2 rings (SSSR count). The van der Waals surface area contributed by atoms with Gasteiger partial charge in [0, 0.05) is 18.9 Å². The van der Waals surface area contributed by atoms with Crippen LogP contribution in [-0.2, 0) is 0 Å². The minimum atomic E-state index is -2.56. The van der Waals surface area contributed by atoms with Gasteiger partial charge >= 0.3 is 6.61 Å². The van der Waals surface area contributed by atoms with Gasteiger partial charge in [-0.2, -0.15) is 0 Å².